The summed E-state index contributed by atoms with van der Waals surface area (Å²) in [6, 6.07) is 2.05. The van der Waals surface area contributed by atoms with Crippen LogP contribution in [0.15, 0.2) is 11.1 Å². The molecule has 0 bridgehead atoms. The van der Waals surface area contributed by atoms with Gasteiger partial charge < -0.3 is 5.32 Å². The number of thioether (sulfide) groups is 1. The van der Waals surface area contributed by atoms with E-state index in [2.05, 4.69) is 29.1 Å². The SMILES string of the molecule is CCNc1cc(SCC)nc(C2CC2)n1. The zero-order valence-electron chi connectivity index (χ0n) is 9.29. The van der Waals surface area contributed by atoms with E-state index < -0.39 is 0 Å². The van der Waals surface area contributed by atoms with Gasteiger partial charge in [0.05, 0.1) is 0 Å². The maximum Gasteiger partial charge on any atom is 0.135 e. The van der Waals surface area contributed by atoms with Crippen molar-refractivity contribution in [3.05, 3.63) is 11.9 Å². The van der Waals surface area contributed by atoms with Crippen LogP contribution < -0.4 is 5.32 Å². The molecule has 1 N–H and O–H groups in total. The van der Waals surface area contributed by atoms with E-state index in [9.17, 15) is 0 Å². The Morgan fingerprint density at radius 3 is 2.80 bits per heavy atom. The van der Waals surface area contributed by atoms with Crippen molar-refractivity contribution in [2.24, 2.45) is 0 Å². The first-order valence-electron chi connectivity index (χ1n) is 5.59. The second-order valence-electron chi connectivity index (χ2n) is 3.69. The van der Waals surface area contributed by atoms with E-state index in [-0.39, 0.29) is 0 Å². The van der Waals surface area contributed by atoms with Gasteiger partial charge in [-0.25, -0.2) is 9.97 Å². The second kappa shape index (κ2) is 4.84. The van der Waals surface area contributed by atoms with E-state index in [0.717, 1.165) is 29.0 Å². The van der Waals surface area contributed by atoms with Gasteiger partial charge in [0, 0.05) is 18.5 Å². The number of rotatable bonds is 5. The van der Waals surface area contributed by atoms with E-state index in [1.165, 1.54) is 12.8 Å². The van der Waals surface area contributed by atoms with Gasteiger partial charge in [-0.1, -0.05) is 6.92 Å². The molecule has 0 unspecified atom stereocenters. The van der Waals surface area contributed by atoms with Crippen LogP contribution in [0, 0.1) is 0 Å². The van der Waals surface area contributed by atoms with Gasteiger partial charge in [0.15, 0.2) is 0 Å². The Hall–Kier alpha value is -0.770. The highest BCUT2D eigenvalue weighted by molar-refractivity contribution is 7.99. The van der Waals surface area contributed by atoms with Gasteiger partial charge in [-0.3, -0.25) is 0 Å². The van der Waals surface area contributed by atoms with Gasteiger partial charge in [0.2, 0.25) is 0 Å². The molecule has 1 aliphatic rings. The first-order chi connectivity index (χ1) is 7.33. The fourth-order valence-electron chi connectivity index (χ4n) is 1.46. The van der Waals surface area contributed by atoms with Crippen LogP contribution in [0.1, 0.15) is 38.4 Å². The molecule has 1 aromatic heterocycles. The summed E-state index contributed by atoms with van der Waals surface area (Å²) < 4.78 is 0. The van der Waals surface area contributed by atoms with Crippen molar-refractivity contribution in [2.45, 2.75) is 37.6 Å². The molecule has 1 aromatic rings. The number of nitrogens with zero attached hydrogens (tertiary/aromatic N) is 2. The molecule has 0 saturated heterocycles. The molecule has 3 nitrogen and oxygen atoms in total. The largest absolute Gasteiger partial charge is 0.370 e. The van der Waals surface area contributed by atoms with Crippen molar-refractivity contribution in [3.63, 3.8) is 0 Å². The van der Waals surface area contributed by atoms with Crippen LogP contribution >= 0.6 is 11.8 Å². The van der Waals surface area contributed by atoms with Crippen molar-refractivity contribution in [1.29, 1.82) is 0 Å². The number of hydrogen-bond acceptors (Lipinski definition) is 4. The molecular formula is C11H17N3S. The van der Waals surface area contributed by atoms with Crippen LogP contribution in [-0.2, 0) is 0 Å². The van der Waals surface area contributed by atoms with Gasteiger partial charge in [-0.15, -0.1) is 11.8 Å². The predicted molar refractivity (Wildman–Crippen MR) is 64.6 cm³/mol. The van der Waals surface area contributed by atoms with E-state index >= 15 is 0 Å². The topological polar surface area (TPSA) is 37.8 Å². The number of aromatic nitrogens is 2. The summed E-state index contributed by atoms with van der Waals surface area (Å²) in [5, 5.41) is 4.37. The Bertz CT molecular complexity index is 312. The lowest BCUT2D eigenvalue weighted by molar-refractivity contribution is 0.877. The summed E-state index contributed by atoms with van der Waals surface area (Å²) in [4.78, 5) is 9.11. The molecule has 0 amide bonds. The average molecular weight is 223 g/mol. The molecule has 1 heterocycles. The lowest BCUT2D eigenvalue weighted by Gasteiger charge is -2.07. The minimum absolute atomic E-state index is 0.625. The highest BCUT2D eigenvalue weighted by Crippen LogP contribution is 2.39. The van der Waals surface area contributed by atoms with Crippen molar-refractivity contribution in [1.82, 2.24) is 9.97 Å². The van der Waals surface area contributed by atoms with Crippen LogP contribution in [0.5, 0.6) is 0 Å². The molecule has 2 rings (SSSR count). The van der Waals surface area contributed by atoms with Gasteiger partial charge in [0.25, 0.3) is 0 Å². The molecule has 1 aliphatic carbocycles. The molecule has 0 spiro atoms. The third-order valence-electron chi connectivity index (χ3n) is 2.31. The monoisotopic (exact) mass is 223 g/mol. The molecule has 82 valence electrons. The van der Waals surface area contributed by atoms with Gasteiger partial charge in [-0.05, 0) is 25.5 Å². The molecule has 4 heteroatoms. The maximum atomic E-state index is 4.58. The second-order valence-corrected chi connectivity index (χ2v) is 4.97. The predicted octanol–water partition coefficient (Wildman–Crippen LogP) is 2.90. The number of anilines is 1. The zero-order valence-corrected chi connectivity index (χ0v) is 10.1. The van der Waals surface area contributed by atoms with Crippen LogP contribution in [0.4, 0.5) is 5.82 Å². The fourth-order valence-corrected chi connectivity index (χ4v) is 2.11. The van der Waals surface area contributed by atoms with Crippen molar-refractivity contribution >= 4 is 17.6 Å². The summed E-state index contributed by atoms with van der Waals surface area (Å²) in [6.45, 7) is 5.15. The third kappa shape index (κ3) is 2.84. The van der Waals surface area contributed by atoms with E-state index in [4.69, 9.17) is 0 Å². The summed E-state index contributed by atoms with van der Waals surface area (Å²) in [6.07, 6.45) is 2.51. The van der Waals surface area contributed by atoms with E-state index in [1.807, 2.05) is 6.07 Å². The van der Waals surface area contributed by atoms with Gasteiger partial charge >= 0.3 is 0 Å². The van der Waals surface area contributed by atoms with Crippen LogP contribution in [0.2, 0.25) is 0 Å². The molecule has 0 radical (unpaired) electrons. The standard InChI is InChI=1S/C11H17N3S/c1-3-12-9-7-10(15-4-2)14-11(13-9)8-5-6-8/h7-8H,3-6H2,1-2H3,(H,12,13,14). The Morgan fingerprint density at radius 1 is 1.40 bits per heavy atom. The molecule has 1 saturated carbocycles. The molecule has 0 aliphatic heterocycles. The first kappa shape index (κ1) is 10.7. The summed E-state index contributed by atoms with van der Waals surface area (Å²) in [5.74, 6) is 3.70. The normalized spacial score (nSPS) is 15.3. The molecule has 0 atom stereocenters. The van der Waals surface area contributed by atoms with Crippen LogP contribution in [0.3, 0.4) is 0 Å². The molecular weight excluding hydrogens is 206 g/mol. The quantitative estimate of drug-likeness (QED) is 0.615. The van der Waals surface area contributed by atoms with Crippen LogP contribution in [-0.4, -0.2) is 22.3 Å². The molecule has 15 heavy (non-hydrogen) atoms. The number of nitrogens with one attached hydrogen (secondary N) is 1. The minimum atomic E-state index is 0.625. The van der Waals surface area contributed by atoms with Crippen molar-refractivity contribution in [2.75, 3.05) is 17.6 Å². The lowest BCUT2D eigenvalue weighted by Crippen LogP contribution is -2.03. The average Bonchev–Trinajstić information content (AvgIpc) is 3.01. The summed E-state index contributed by atoms with van der Waals surface area (Å²) in [5.41, 5.74) is 0. The Kier molecular flexibility index (Phi) is 3.46. The summed E-state index contributed by atoms with van der Waals surface area (Å²) in [7, 11) is 0. The highest BCUT2D eigenvalue weighted by Gasteiger charge is 2.27. The lowest BCUT2D eigenvalue weighted by atomic mass is 10.4. The highest BCUT2D eigenvalue weighted by atomic mass is 32.2. The maximum absolute atomic E-state index is 4.58. The Morgan fingerprint density at radius 2 is 2.20 bits per heavy atom. The smallest absolute Gasteiger partial charge is 0.135 e. The van der Waals surface area contributed by atoms with Crippen molar-refractivity contribution in [3.8, 4) is 0 Å². The fraction of sp³-hybridized carbons (Fsp3) is 0.636. The van der Waals surface area contributed by atoms with Gasteiger partial charge in [0.1, 0.15) is 16.7 Å². The van der Waals surface area contributed by atoms with Crippen LogP contribution in [0.25, 0.3) is 0 Å². The van der Waals surface area contributed by atoms with E-state index in [1.54, 1.807) is 11.8 Å². The van der Waals surface area contributed by atoms with Gasteiger partial charge in [-0.2, -0.15) is 0 Å². The molecule has 0 aromatic carbocycles. The summed E-state index contributed by atoms with van der Waals surface area (Å²) >= 11 is 1.78. The van der Waals surface area contributed by atoms with Crippen molar-refractivity contribution < 1.29 is 0 Å². The number of hydrogen-bond donors (Lipinski definition) is 1. The minimum Gasteiger partial charge on any atom is -0.370 e. The molecule has 1 fully saturated rings. The Balaban J connectivity index is 2.21. The first-order valence-corrected chi connectivity index (χ1v) is 6.57. The Labute approximate surface area is 95.1 Å². The third-order valence-corrected chi connectivity index (χ3v) is 3.11. The van der Waals surface area contributed by atoms with E-state index in [0.29, 0.717) is 5.92 Å². The zero-order chi connectivity index (χ0) is 10.7.